The molecular weight excluding hydrogens is 304 g/mol. The Morgan fingerprint density at radius 2 is 1.45 bits per heavy atom. The molecule has 0 saturated heterocycles. The highest BCUT2D eigenvalue weighted by Crippen LogP contribution is 2.32. The summed E-state index contributed by atoms with van der Waals surface area (Å²) in [7, 11) is 0. The van der Waals surface area contributed by atoms with Crippen LogP contribution in [0.4, 0.5) is 0 Å². The number of hydrogen-bond acceptors (Lipinski definition) is 2. The van der Waals surface area contributed by atoms with E-state index < -0.39 is 0 Å². The fourth-order valence-corrected chi connectivity index (χ4v) is 4.66. The largest absolute Gasteiger partial charge is 0.152 e. The molecule has 0 aliphatic heterocycles. The Bertz CT molecular complexity index is 482. The maximum atomic E-state index is 2.32. The molecule has 2 aromatic rings. The van der Waals surface area contributed by atoms with Crippen molar-refractivity contribution >= 4 is 22.7 Å². The van der Waals surface area contributed by atoms with Crippen molar-refractivity contribution in [1.82, 2.24) is 0 Å². The molecule has 2 rings (SSSR count). The molecule has 0 spiro atoms. The Morgan fingerprint density at radius 1 is 0.773 bits per heavy atom. The maximum Gasteiger partial charge on any atom is 0.0383 e. The maximum absolute atomic E-state index is 2.32. The highest BCUT2D eigenvalue weighted by molar-refractivity contribution is 7.14. The third-order valence-corrected chi connectivity index (χ3v) is 6.02. The zero-order valence-corrected chi connectivity index (χ0v) is 15.6. The van der Waals surface area contributed by atoms with Crippen LogP contribution >= 0.6 is 22.7 Å². The summed E-state index contributed by atoms with van der Waals surface area (Å²) in [5.74, 6) is 0. The van der Waals surface area contributed by atoms with Gasteiger partial charge in [0, 0.05) is 10.4 Å². The Hall–Kier alpha value is -0.600. The number of thiophene rings is 2. The summed E-state index contributed by atoms with van der Waals surface area (Å²) in [6, 6.07) is 4.57. The molecule has 2 aromatic heterocycles. The Balaban J connectivity index is 1.54. The molecule has 0 fully saturated rings. The summed E-state index contributed by atoms with van der Waals surface area (Å²) in [5.41, 5.74) is 2.98. The molecule has 0 aliphatic rings. The van der Waals surface area contributed by atoms with Gasteiger partial charge in [0.05, 0.1) is 0 Å². The number of rotatable bonds is 12. The van der Waals surface area contributed by atoms with Crippen LogP contribution < -0.4 is 0 Å². The van der Waals surface area contributed by atoms with Gasteiger partial charge in [-0.25, -0.2) is 0 Å². The quantitative estimate of drug-likeness (QED) is 0.345. The summed E-state index contributed by atoms with van der Waals surface area (Å²) in [5, 5.41) is 6.70. The average Bonchev–Trinajstić information content (AvgIpc) is 3.19. The van der Waals surface area contributed by atoms with Crippen molar-refractivity contribution in [1.29, 1.82) is 0 Å². The Labute approximate surface area is 144 Å². The fraction of sp³-hybridized carbons (Fsp3) is 0.600. The smallest absolute Gasteiger partial charge is 0.0383 e. The molecule has 0 bridgehead atoms. The first-order valence-electron chi connectivity index (χ1n) is 9.00. The molecule has 0 N–H and O–H groups in total. The molecule has 2 heteroatoms. The molecule has 0 radical (unpaired) electrons. The van der Waals surface area contributed by atoms with Gasteiger partial charge in [-0.15, -0.1) is 11.3 Å². The second kappa shape index (κ2) is 11.0. The van der Waals surface area contributed by atoms with Crippen LogP contribution in [0.2, 0.25) is 0 Å². The van der Waals surface area contributed by atoms with E-state index in [2.05, 4.69) is 35.2 Å². The van der Waals surface area contributed by atoms with E-state index in [4.69, 9.17) is 0 Å². The summed E-state index contributed by atoms with van der Waals surface area (Å²) in [4.78, 5) is 1.50. The lowest BCUT2D eigenvalue weighted by Gasteiger charge is -2.04. The van der Waals surface area contributed by atoms with Crippen molar-refractivity contribution in [3.63, 3.8) is 0 Å². The predicted octanol–water partition coefficient (Wildman–Crippen LogP) is 7.94. The number of aryl methyl sites for hydroxylation is 1. The lowest BCUT2D eigenvalue weighted by molar-refractivity contribution is 0.556. The van der Waals surface area contributed by atoms with Crippen LogP contribution in [0.5, 0.6) is 0 Å². The van der Waals surface area contributed by atoms with E-state index in [9.17, 15) is 0 Å². The van der Waals surface area contributed by atoms with E-state index in [1.807, 2.05) is 11.3 Å². The van der Waals surface area contributed by atoms with Crippen molar-refractivity contribution in [2.45, 2.75) is 77.6 Å². The highest BCUT2D eigenvalue weighted by Gasteiger charge is 2.06. The molecule has 122 valence electrons. The third kappa shape index (κ3) is 6.26. The molecule has 0 nitrogen and oxygen atoms in total. The molecular formula is C20H30S2. The first kappa shape index (κ1) is 17.7. The second-order valence-electron chi connectivity index (χ2n) is 6.22. The van der Waals surface area contributed by atoms with Crippen molar-refractivity contribution < 1.29 is 0 Å². The lowest BCUT2D eigenvalue weighted by Crippen LogP contribution is -1.86. The molecule has 0 saturated carbocycles. The SMILES string of the molecule is CCCCCCCCCCCCc1ccsc1-c1ccsc1. The van der Waals surface area contributed by atoms with Crippen LogP contribution in [0.25, 0.3) is 10.4 Å². The van der Waals surface area contributed by atoms with Crippen LogP contribution in [0.3, 0.4) is 0 Å². The minimum absolute atomic E-state index is 1.26. The third-order valence-electron chi connectivity index (χ3n) is 4.33. The standard InChI is InChI=1S/C20H30S2/c1-2-3-4-5-6-7-8-9-10-11-12-18-14-16-22-20(18)19-13-15-21-17-19/h13-17H,2-12H2,1H3. The van der Waals surface area contributed by atoms with E-state index in [-0.39, 0.29) is 0 Å². The van der Waals surface area contributed by atoms with E-state index >= 15 is 0 Å². The monoisotopic (exact) mass is 334 g/mol. The molecule has 22 heavy (non-hydrogen) atoms. The van der Waals surface area contributed by atoms with Crippen molar-refractivity contribution in [2.24, 2.45) is 0 Å². The lowest BCUT2D eigenvalue weighted by atomic mass is 10.0. The fourth-order valence-electron chi connectivity index (χ4n) is 2.98. The van der Waals surface area contributed by atoms with Crippen molar-refractivity contribution in [2.75, 3.05) is 0 Å². The molecule has 0 aliphatic carbocycles. The summed E-state index contributed by atoms with van der Waals surface area (Å²) in [6.07, 6.45) is 15.4. The topological polar surface area (TPSA) is 0 Å². The van der Waals surface area contributed by atoms with Gasteiger partial charge in [0.2, 0.25) is 0 Å². The molecule has 0 atom stereocenters. The van der Waals surface area contributed by atoms with Crippen molar-refractivity contribution in [3.8, 4) is 10.4 Å². The zero-order chi connectivity index (χ0) is 15.5. The first-order valence-corrected chi connectivity index (χ1v) is 10.8. The summed E-state index contributed by atoms with van der Waals surface area (Å²) < 4.78 is 0. The molecule has 0 amide bonds. The van der Waals surface area contributed by atoms with Gasteiger partial charge in [0.25, 0.3) is 0 Å². The van der Waals surface area contributed by atoms with Crippen LogP contribution in [0.15, 0.2) is 28.3 Å². The van der Waals surface area contributed by atoms with Crippen molar-refractivity contribution in [3.05, 3.63) is 33.8 Å². The number of hydrogen-bond donors (Lipinski definition) is 0. The van der Waals surface area contributed by atoms with Crippen LogP contribution in [0.1, 0.15) is 76.7 Å². The first-order chi connectivity index (χ1) is 10.9. The molecule has 0 unspecified atom stereocenters. The highest BCUT2D eigenvalue weighted by atomic mass is 32.1. The van der Waals surface area contributed by atoms with Crippen LogP contribution in [0, 0.1) is 0 Å². The van der Waals surface area contributed by atoms with E-state index in [0.717, 1.165) is 0 Å². The van der Waals surface area contributed by atoms with Gasteiger partial charge < -0.3 is 0 Å². The van der Waals surface area contributed by atoms with Gasteiger partial charge in [0.1, 0.15) is 0 Å². The van der Waals surface area contributed by atoms with Gasteiger partial charge >= 0.3 is 0 Å². The second-order valence-corrected chi connectivity index (χ2v) is 7.92. The van der Waals surface area contributed by atoms with E-state index in [1.165, 1.54) is 81.1 Å². The van der Waals surface area contributed by atoms with Gasteiger partial charge in [0.15, 0.2) is 0 Å². The Morgan fingerprint density at radius 3 is 2.09 bits per heavy atom. The summed E-state index contributed by atoms with van der Waals surface area (Å²) >= 11 is 3.69. The van der Waals surface area contributed by atoms with E-state index in [1.54, 1.807) is 16.9 Å². The van der Waals surface area contributed by atoms with E-state index in [0.29, 0.717) is 0 Å². The molecule has 0 aromatic carbocycles. The normalized spacial score (nSPS) is 11.1. The van der Waals surface area contributed by atoms with Gasteiger partial charge in [-0.05, 0) is 46.7 Å². The summed E-state index contributed by atoms with van der Waals surface area (Å²) in [6.45, 7) is 2.29. The van der Waals surface area contributed by atoms with Crippen LogP contribution in [-0.2, 0) is 6.42 Å². The number of unbranched alkanes of at least 4 members (excludes halogenated alkanes) is 9. The average molecular weight is 335 g/mol. The van der Waals surface area contributed by atoms with Gasteiger partial charge in [-0.2, -0.15) is 11.3 Å². The van der Waals surface area contributed by atoms with Gasteiger partial charge in [-0.3, -0.25) is 0 Å². The zero-order valence-electron chi connectivity index (χ0n) is 14.0. The minimum Gasteiger partial charge on any atom is -0.152 e. The van der Waals surface area contributed by atoms with Gasteiger partial charge in [-0.1, -0.05) is 64.7 Å². The Kier molecular flexibility index (Phi) is 8.89. The minimum atomic E-state index is 1.26. The predicted molar refractivity (Wildman–Crippen MR) is 103 cm³/mol. The van der Waals surface area contributed by atoms with Crippen LogP contribution in [-0.4, -0.2) is 0 Å². The molecule has 2 heterocycles.